The molecule has 82 valence electrons. The molecule has 5 heteroatoms. The van der Waals surface area contributed by atoms with Crippen molar-refractivity contribution in [3.8, 4) is 0 Å². The van der Waals surface area contributed by atoms with Gasteiger partial charge in [-0.05, 0) is 6.07 Å². The van der Waals surface area contributed by atoms with Gasteiger partial charge in [0.05, 0.1) is 19.3 Å². The lowest BCUT2D eigenvalue weighted by molar-refractivity contribution is 0.0757. The number of nitrogens with one attached hydrogen (secondary N) is 1. The molecular weight excluding hydrogens is 224 g/mol. The molecule has 0 aliphatic carbocycles. The lowest BCUT2D eigenvalue weighted by atomic mass is 10.1. The molecule has 0 spiro atoms. The molecule has 1 aliphatic rings. The van der Waals surface area contributed by atoms with Gasteiger partial charge in [-0.2, -0.15) is 0 Å². The van der Waals surface area contributed by atoms with Crippen LogP contribution in [-0.4, -0.2) is 19.8 Å². The normalized spacial score (nSPS) is 21.7. The lowest BCUT2D eigenvalue weighted by Gasteiger charge is -2.24. The molecule has 1 N–H and O–H groups in total. The van der Waals surface area contributed by atoms with E-state index in [0.29, 0.717) is 25.3 Å². The highest BCUT2D eigenvalue weighted by atomic mass is 35.5. The largest absolute Gasteiger partial charge is 0.378 e. The van der Waals surface area contributed by atoms with E-state index in [2.05, 4.69) is 5.32 Å². The van der Waals surface area contributed by atoms with Crippen LogP contribution in [0.25, 0.3) is 0 Å². The Morgan fingerprint density at radius 3 is 2.87 bits per heavy atom. The van der Waals surface area contributed by atoms with Gasteiger partial charge in [0, 0.05) is 12.1 Å². The molecule has 0 unspecified atom stereocenters. The number of hydrogen-bond donors (Lipinski definition) is 1. The number of ether oxygens (including phenoxy) is 1. The summed E-state index contributed by atoms with van der Waals surface area (Å²) in [6, 6.07) is 2.30. The molecule has 0 aromatic heterocycles. The Bertz CT molecular complexity index is 367. The van der Waals surface area contributed by atoms with Crippen LogP contribution < -0.4 is 5.32 Å². The van der Waals surface area contributed by atoms with Gasteiger partial charge < -0.3 is 10.1 Å². The molecule has 0 saturated carbocycles. The minimum absolute atomic E-state index is 0.253. The molecule has 0 radical (unpaired) electrons. The van der Waals surface area contributed by atoms with E-state index in [-0.39, 0.29) is 6.04 Å². The molecule has 1 aromatic rings. The van der Waals surface area contributed by atoms with E-state index >= 15 is 0 Å². The van der Waals surface area contributed by atoms with Gasteiger partial charge in [-0.25, -0.2) is 8.78 Å². The molecule has 2 rings (SSSR count). The summed E-state index contributed by atoms with van der Waals surface area (Å²) in [6.07, 6.45) is 0. The van der Waals surface area contributed by atoms with Crippen LogP contribution in [0.3, 0.4) is 0 Å². The van der Waals surface area contributed by atoms with Crippen molar-refractivity contribution in [2.24, 2.45) is 0 Å². The van der Waals surface area contributed by atoms with Crippen molar-refractivity contribution in [1.82, 2.24) is 5.32 Å². The third kappa shape index (κ3) is 2.12. The molecule has 1 aromatic carbocycles. The summed E-state index contributed by atoms with van der Waals surface area (Å²) in [5.41, 5.74) is 0.348. The Hall–Kier alpha value is -0.710. The Labute approximate surface area is 91.2 Å². The fraction of sp³-hybridized carbons (Fsp3) is 0.400. The highest BCUT2D eigenvalue weighted by Crippen LogP contribution is 2.26. The minimum atomic E-state index is -0.741. The highest BCUT2D eigenvalue weighted by molar-refractivity contribution is 6.30. The van der Waals surface area contributed by atoms with Crippen molar-refractivity contribution in [3.05, 3.63) is 34.4 Å². The molecule has 0 amide bonds. The number of halogens is 3. The van der Waals surface area contributed by atoms with Crippen molar-refractivity contribution in [2.75, 3.05) is 19.8 Å². The zero-order chi connectivity index (χ0) is 10.8. The van der Waals surface area contributed by atoms with Gasteiger partial charge in [0.1, 0.15) is 16.7 Å². The molecule has 1 heterocycles. The van der Waals surface area contributed by atoms with Crippen LogP contribution in [0.5, 0.6) is 0 Å². The standard InChI is InChI=1S/C10H10ClF2NO/c11-9-7(12)2-1-6(10(9)13)8-5-15-4-3-14-8/h1-2,8,14H,3-5H2/t8-/m0/s1. The van der Waals surface area contributed by atoms with E-state index in [1.165, 1.54) is 6.07 Å². The van der Waals surface area contributed by atoms with Crippen LogP contribution in [0.4, 0.5) is 8.78 Å². The van der Waals surface area contributed by atoms with E-state index in [9.17, 15) is 8.78 Å². The van der Waals surface area contributed by atoms with E-state index in [0.717, 1.165) is 6.07 Å². The second-order valence-corrected chi connectivity index (χ2v) is 3.72. The topological polar surface area (TPSA) is 21.3 Å². The first-order valence-corrected chi connectivity index (χ1v) is 5.02. The summed E-state index contributed by atoms with van der Waals surface area (Å²) < 4.78 is 31.7. The maximum atomic E-state index is 13.6. The fourth-order valence-corrected chi connectivity index (χ4v) is 1.75. The predicted octanol–water partition coefficient (Wildman–Crippen LogP) is 2.28. The smallest absolute Gasteiger partial charge is 0.149 e. The SMILES string of the molecule is Fc1ccc([C@@H]2COCCN2)c(F)c1Cl. The summed E-state index contributed by atoms with van der Waals surface area (Å²) >= 11 is 5.48. The van der Waals surface area contributed by atoms with Crippen LogP contribution in [0.1, 0.15) is 11.6 Å². The molecule has 1 saturated heterocycles. The van der Waals surface area contributed by atoms with Gasteiger partial charge >= 0.3 is 0 Å². The van der Waals surface area contributed by atoms with Gasteiger partial charge in [-0.15, -0.1) is 0 Å². The molecule has 15 heavy (non-hydrogen) atoms. The molecule has 0 bridgehead atoms. The first-order chi connectivity index (χ1) is 7.20. The number of benzene rings is 1. The molecule has 1 atom stereocenters. The number of rotatable bonds is 1. The van der Waals surface area contributed by atoms with Crippen LogP contribution in [0.2, 0.25) is 5.02 Å². The Morgan fingerprint density at radius 1 is 1.40 bits per heavy atom. The van der Waals surface area contributed by atoms with Crippen molar-refractivity contribution in [3.63, 3.8) is 0 Å². The molecule has 1 fully saturated rings. The monoisotopic (exact) mass is 233 g/mol. The van der Waals surface area contributed by atoms with Crippen LogP contribution in [-0.2, 0) is 4.74 Å². The highest BCUT2D eigenvalue weighted by Gasteiger charge is 2.21. The third-order valence-corrected chi connectivity index (χ3v) is 2.71. The van der Waals surface area contributed by atoms with Crippen molar-refractivity contribution < 1.29 is 13.5 Å². The summed E-state index contributed by atoms with van der Waals surface area (Å²) in [6.45, 7) is 1.63. The Balaban J connectivity index is 2.31. The summed E-state index contributed by atoms with van der Waals surface area (Å²) in [5, 5.41) is 2.62. The molecule has 1 aliphatic heterocycles. The first-order valence-electron chi connectivity index (χ1n) is 4.64. The van der Waals surface area contributed by atoms with E-state index < -0.39 is 16.7 Å². The second kappa shape index (κ2) is 4.43. The van der Waals surface area contributed by atoms with Gasteiger partial charge in [-0.3, -0.25) is 0 Å². The quantitative estimate of drug-likeness (QED) is 0.752. The maximum Gasteiger partial charge on any atom is 0.149 e. The van der Waals surface area contributed by atoms with Crippen LogP contribution in [0.15, 0.2) is 12.1 Å². The molecular formula is C10H10ClF2NO. The van der Waals surface area contributed by atoms with Crippen LogP contribution in [0, 0.1) is 11.6 Å². The van der Waals surface area contributed by atoms with Crippen molar-refractivity contribution in [1.29, 1.82) is 0 Å². The van der Waals surface area contributed by atoms with E-state index in [1.807, 2.05) is 0 Å². The summed E-state index contributed by atoms with van der Waals surface area (Å²) in [5.74, 6) is -1.45. The number of morpholine rings is 1. The van der Waals surface area contributed by atoms with E-state index in [4.69, 9.17) is 16.3 Å². The van der Waals surface area contributed by atoms with Crippen molar-refractivity contribution in [2.45, 2.75) is 6.04 Å². The minimum Gasteiger partial charge on any atom is -0.378 e. The maximum absolute atomic E-state index is 13.6. The summed E-state index contributed by atoms with van der Waals surface area (Å²) in [4.78, 5) is 0. The number of hydrogen-bond acceptors (Lipinski definition) is 2. The van der Waals surface area contributed by atoms with Gasteiger partial charge in [0.2, 0.25) is 0 Å². The first kappa shape index (κ1) is 10.8. The predicted molar refractivity (Wildman–Crippen MR) is 52.9 cm³/mol. The average Bonchev–Trinajstić information content (AvgIpc) is 2.27. The summed E-state index contributed by atoms with van der Waals surface area (Å²) in [7, 11) is 0. The third-order valence-electron chi connectivity index (χ3n) is 2.36. The van der Waals surface area contributed by atoms with Gasteiger partial charge in [0.25, 0.3) is 0 Å². The van der Waals surface area contributed by atoms with Gasteiger partial charge in [0.15, 0.2) is 0 Å². The average molecular weight is 234 g/mol. The second-order valence-electron chi connectivity index (χ2n) is 3.35. The Kier molecular flexibility index (Phi) is 3.19. The van der Waals surface area contributed by atoms with Crippen LogP contribution >= 0.6 is 11.6 Å². The van der Waals surface area contributed by atoms with E-state index in [1.54, 1.807) is 0 Å². The van der Waals surface area contributed by atoms with Gasteiger partial charge in [-0.1, -0.05) is 17.7 Å². The molecule has 2 nitrogen and oxygen atoms in total. The van der Waals surface area contributed by atoms with Crippen molar-refractivity contribution >= 4 is 11.6 Å². The zero-order valence-corrected chi connectivity index (χ0v) is 8.65. The fourth-order valence-electron chi connectivity index (χ4n) is 1.58. The lowest BCUT2D eigenvalue weighted by Crippen LogP contribution is -2.35. The Morgan fingerprint density at radius 2 is 2.20 bits per heavy atom. The zero-order valence-electron chi connectivity index (χ0n) is 7.90.